The molecule has 3 atom stereocenters. The second-order valence-corrected chi connectivity index (χ2v) is 7.70. The fourth-order valence-corrected chi connectivity index (χ4v) is 5.10. The summed E-state index contributed by atoms with van der Waals surface area (Å²) in [4.78, 5) is 4.18. The molecule has 2 heterocycles. The van der Waals surface area contributed by atoms with E-state index in [9.17, 15) is 13.5 Å². The third-order valence-electron chi connectivity index (χ3n) is 4.56. The zero-order valence-corrected chi connectivity index (χ0v) is 12.9. The zero-order chi connectivity index (χ0) is 15.0. The second kappa shape index (κ2) is 5.55. The summed E-state index contributed by atoms with van der Waals surface area (Å²) in [7, 11) is -3.56. The summed E-state index contributed by atoms with van der Waals surface area (Å²) in [6.45, 7) is 3.49. The standard InChI is InChI=1S/C14H21N3O3S/c1-2-16-12-5-6-15-7-14(12)21(19,20)17-8-10-3-4-13(18)11(10)9-17/h5-7,10-11,13,18H,2-4,8-9H2,1H3,(H,15,16). The number of aliphatic hydroxyl groups is 1. The van der Waals surface area contributed by atoms with Crippen LogP contribution in [0.15, 0.2) is 23.4 Å². The molecule has 1 saturated carbocycles. The number of aliphatic hydroxyl groups excluding tert-OH is 1. The first kappa shape index (κ1) is 14.7. The Morgan fingerprint density at radius 2 is 2.24 bits per heavy atom. The molecular weight excluding hydrogens is 290 g/mol. The zero-order valence-electron chi connectivity index (χ0n) is 12.1. The van der Waals surface area contributed by atoms with Crippen LogP contribution < -0.4 is 5.32 Å². The monoisotopic (exact) mass is 311 g/mol. The highest BCUT2D eigenvalue weighted by Gasteiger charge is 2.46. The molecule has 2 fully saturated rings. The topological polar surface area (TPSA) is 82.5 Å². The molecule has 21 heavy (non-hydrogen) atoms. The number of fused-ring (bicyclic) bond motifs is 1. The molecule has 1 aromatic heterocycles. The van der Waals surface area contributed by atoms with E-state index in [2.05, 4.69) is 10.3 Å². The lowest BCUT2D eigenvalue weighted by Crippen LogP contribution is -2.31. The van der Waals surface area contributed by atoms with Crippen molar-refractivity contribution in [2.24, 2.45) is 11.8 Å². The Bertz CT molecular complexity index is 620. The van der Waals surface area contributed by atoms with Crippen LogP contribution in [0.5, 0.6) is 0 Å². The Morgan fingerprint density at radius 3 is 2.95 bits per heavy atom. The molecule has 6 nitrogen and oxygen atoms in total. The van der Waals surface area contributed by atoms with Gasteiger partial charge in [-0.3, -0.25) is 4.98 Å². The number of anilines is 1. The molecule has 1 aliphatic heterocycles. The Kier molecular flexibility index (Phi) is 3.90. The number of nitrogens with one attached hydrogen (secondary N) is 1. The molecular formula is C14H21N3O3S. The average molecular weight is 311 g/mol. The van der Waals surface area contributed by atoms with Crippen molar-refractivity contribution in [2.75, 3.05) is 25.0 Å². The number of nitrogens with zero attached hydrogens (tertiary/aromatic N) is 2. The molecule has 0 amide bonds. The molecule has 0 bridgehead atoms. The molecule has 3 rings (SSSR count). The van der Waals surface area contributed by atoms with Gasteiger partial charge in [-0.1, -0.05) is 0 Å². The van der Waals surface area contributed by atoms with Gasteiger partial charge in [0.25, 0.3) is 0 Å². The van der Waals surface area contributed by atoms with Gasteiger partial charge < -0.3 is 10.4 Å². The number of hydrogen-bond acceptors (Lipinski definition) is 5. The van der Waals surface area contributed by atoms with Gasteiger partial charge in [-0.2, -0.15) is 4.31 Å². The first-order valence-corrected chi connectivity index (χ1v) is 8.84. The van der Waals surface area contributed by atoms with Gasteiger partial charge >= 0.3 is 0 Å². The van der Waals surface area contributed by atoms with E-state index < -0.39 is 10.0 Å². The van der Waals surface area contributed by atoms with Gasteiger partial charge in [-0.25, -0.2) is 8.42 Å². The molecule has 3 unspecified atom stereocenters. The minimum Gasteiger partial charge on any atom is -0.393 e. The average Bonchev–Trinajstić information content (AvgIpc) is 3.03. The maximum absolute atomic E-state index is 12.8. The van der Waals surface area contributed by atoms with Crippen LogP contribution in [-0.4, -0.2) is 48.6 Å². The summed E-state index contributed by atoms with van der Waals surface area (Å²) in [5, 5.41) is 13.0. The third kappa shape index (κ3) is 2.54. The van der Waals surface area contributed by atoms with Crippen molar-refractivity contribution in [1.82, 2.24) is 9.29 Å². The summed E-state index contributed by atoms with van der Waals surface area (Å²) in [5.41, 5.74) is 0.588. The normalized spacial score (nSPS) is 29.5. The Hall–Kier alpha value is -1.18. The molecule has 0 radical (unpaired) electrons. The van der Waals surface area contributed by atoms with Crippen molar-refractivity contribution in [2.45, 2.75) is 30.8 Å². The van der Waals surface area contributed by atoms with Crippen LogP contribution in [0.2, 0.25) is 0 Å². The fraction of sp³-hybridized carbons (Fsp3) is 0.643. The van der Waals surface area contributed by atoms with Crippen LogP contribution in [-0.2, 0) is 10.0 Å². The van der Waals surface area contributed by atoms with Gasteiger partial charge in [0, 0.05) is 37.9 Å². The number of aromatic nitrogens is 1. The van der Waals surface area contributed by atoms with Gasteiger partial charge in [0.15, 0.2) is 0 Å². The van der Waals surface area contributed by atoms with Crippen molar-refractivity contribution in [1.29, 1.82) is 0 Å². The molecule has 7 heteroatoms. The van der Waals surface area contributed by atoms with E-state index >= 15 is 0 Å². The highest BCUT2D eigenvalue weighted by Crippen LogP contribution is 2.40. The summed E-state index contributed by atoms with van der Waals surface area (Å²) < 4.78 is 27.2. The fourth-order valence-electron chi connectivity index (χ4n) is 3.45. The van der Waals surface area contributed by atoms with E-state index in [0.717, 1.165) is 12.8 Å². The summed E-state index contributed by atoms with van der Waals surface area (Å²) in [6.07, 6.45) is 4.32. The van der Waals surface area contributed by atoms with Gasteiger partial charge in [0.1, 0.15) is 4.90 Å². The Labute approximate surface area is 125 Å². The number of rotatable bonds is 4. The Balaban J connectivity index is 1.88. The summed E-state index contributed by atoms with van der Waals surface area (Å²) in [5.74, 6) is 0.369. The lowest BCUT2D eigenvalue weighted by atomic mass is 10.00. The maximum atomic E-state index is 12.8. The summed E-state index contributed by atoms with van der Waals surface area (Å²) >= 11 is 0. The molecule has 1 saturated heterocycles. The van der Waals surface area contributed by atoms with E-state index in [4.69, 9.17) is 0 Å². The minimum atomic E-state index is -3.56. The van der Waals surface area contributed by atoms with Crippen molar-refractivity contribution in [3.05, 3.63) is 18.5 Å². The maximum Gasteiger partial charge on any atom is 0.246 e. The number of sulfonamides is 1. The number of pyridine rings is 1. The van der Waals surface area contributed by atoms with E-state index in [1.165, 1.54) is 10.5 Å². The van der Waals surface area contributed by atoms with Gasteiger partial charge in [-0.05, 0) is 31.7 Å². The van der Waals surface area contributed by atoms with Gasteiger partial charge in [0.2, 0.25) is 10.0 Å². The molecule has 2 aliphatic rings. The lowest BCUT2D eigenvalue weighted by molar-refractivity contribution is 0.129. The number of hydrogen-bond donors (Lipinski definition) is 2. The second-order valence-electron chi connectivity index (χ2n) is 5.79. The van der Waals surface area contributed by atoms with Crippen molar-refractivity contribution >= 4 is 15.7 Å². The molecule has 0 aromatic carbocycles. The van der Waals surface area contributed by atoms with E-state index in [1.54, 1.807) is 12.3 Å². The molecule has 1 aliphatic carbocycles. The van der Waals surface area contributed by atoms with E-state index in [1.807, 2.05) is 6.92 Å². The van der Waals surface area contributed by atoms with Crippen LogP contribution in [0.25, 0.3) is 0 Å². The van der Waals surface area contributed by atoms with E-state index in [-0.39, 0.29) is 22.8 Å². The van der Waals surface area contributed by atoms with Crippen LogP contribution in [0.4, 0.5) is 5.69 Å². The van der Waals surface area contributed by atoms with E-state index in [0.29, 0.717) is 25.3 Å². The molecule has 116 valence electrons. The van der Waals surface area contributed by atoms with Crippen molar-refractivity contribution in [3.63, 3.8) is 0 Å². The van der Waals surface area contributed by atoms with Crippen molar-refractivity contribution < 1.29 is 13.5 Å². The highest BCUT2D eigenvalue weighted by molar-refractivity contribution is 7.89. The predicted octanol–water partition coefficient (Wildman–Crippen LogP) is 0.905. The van der Waals surface area contributed by atoms with Crippen molar-refractivity contribution in [3.8, 4) is 0 Å². The van der Waals surface area contributed by atoms with Gasteiger partial charge in [-0.15, -0.1) is 0 Å². The first-order valence-electron chi connectivity index (χ1n) is 7.40. The molecule has 2 N–H and O–H groups in total. The smallest absolute Gasteiger partial charge is 0.246 e. The quantitative estimate of drug-likeness (QED) is 0.863. The first-order chi connectivity index (χ1) is 10.0. The highest BCUT2D eigenvalue weighted by atomic mass is 32.2. The van der Waals surface area contributed by atoms with Gasteiger partial charge in [0.05, 0.1) is 11.8 Å². The Morgan fingerprint density at radius 1 is 1.43 bits per heavy atom. The largest absolute Gasteiger partial charge is 0.393 e. The lowest BCUT2D eigenvalue weighted by Gasteiger charge is -2.20. The van der Waals surface area contributed by atoms with Crippen LogP contribution in [0.1, 0.15) is 19.8 Å². The minimum absolute atomic E-state index is 0.0824. The molecule has 0 spiro atoms. The van der Waals surface area contributed by atoms with Crippen LogP contribution >= 0.6 is 0 Å². The summed E-state index contributed by atoms with van der Waals surface area (Å²) in [6, 6.07) is 1.68. The SMILES string of the molecule is CCNc1ccncc1S(=O)(=O)N1CC2CCC(O)C2C1. The predicted molar refractivity (Wildman–Crippen MR) is 79.4 cm³/mol. The van der Waals surface area contributed by atoms with Crippen LogP contribution in [0, 0.1) is 11.8 Å². The molecule has 1 aromatic rings. The van der Waals surface area contributed by atoms with Crippen LogP contribution in [0.3, 0.4) is 0 Å². The third-order valence-corrected chi connectivity index (χ3v) is 6.41.